The maximum Gasteiger partial charge on any atom is 0.191 e. The molecule has 1 aliphatic rings. The number of aromatic nitrogens is 3. The molecule has 0 saturated heterocycles. The van der Waals surface area contributed by atoms with Crippen molar-refractivity contribution in [3.8, 4) is 5.82 Å². The standard InChI is InChI=1S/C20H30N6OS/c1-3-21-20(25-17-7-5-8-18(14-17)28(27)4-2)23-15-16-9-11-22-19(13-16)26-12-6-10-24-26/h6,9-13,17-18H,3-5,7-8,14-15H2,1-2H3,(H2,21,23,25). The second kappa shape index (κ2) is 10.4. The van der Waals surface area contributed by atoms with Crippen molar-refractivity contribution in [2.24, 2.45) is 4.99 Å². The molecule has 0 bridgehead atoms. The third-order valence-electron chi connectivity index (χ3n) is 4.94. The largest absolute Gasteiger partial charge is 0.357 e. The number of guanidine groups is 1. The van der Waals surface area contributed by atoms with Crippen molar-refractivity contribution in [3.05, 3.63) is 42.4 Å². The van der Waals surface area contributed by atoms with Crippen LogP contribution in [0.1, 0.15) is 45.1 Å². The number of rotatable bonds is 7. The van der Waals surface area contributed by atoms with E-state index in [2.05, 4.69) is 27.6 Å². The highest BCUT2D eigenvalue weighted by molar-refractivity contribution is 7.85. The third kappa shape index (κ3) is 5.64. The average Bonchev–Trinajstić information content (AvgIpc) is 3.27. The average molecular weight is 403 g/mol. The SMILES string of the molecule is CCNC(=NCc1ccnc(-n2cccn2)c1)NC1CCCC(S(=O)CC)C1. The van der Waals surface area contributed by atoms with E-state index in [0.29, 0.717) is 17.8 Å². The third-order valence-corrected chi connectivity index (χ3v) is 6.68. The van der Waals surface area contributed by atoms with Gasteiger partial charge >= 0.3 is 0 Å². The van der Waals surface area contributed by atoms with Gasteiger partial charge in [-0.05, 0) is 49.9 Å². The lowest BCUT2D eigenvalue weighted by molar-refractivity contribution is 0.413. The molecule has 0 aliphatic heterocycles. The zero-order valence-corrected chi connectivity index (χ0v) is 17.5. The lowest BCUT2D eigenvalue weighted by Gasteiger charge is -2.30. The number of nitrogens with zero attached hydrogens (tertiary/aromatic N) is 4. The minimum absolute atomic E-state index is 0.302. The van der Waals surface area contributed by atoms with Crippen LogP contribution in [0.3, 0.4) is 0 Å². The molecular formula is C20H30N6OS. The van der Waals surface area contributed by atoms with Crippen LogP contribution >= 0.6 is 0 Å². The molecule has 1 saturated carbocycles. The summed E-state index contributed by atoms with van der Waals surface area (Å²) in [4.78, 5) is 9.12. The van der Waals surface area contributed by atoms with Gasteiger partial charge in [-0.1, -0.05) is 13.3 Å². The van der Waals surface area contributed by atoms with Gasteiger partial charge in [0.1, 0.15) is 0 Å². The Morgan fingerprint density at radius 1 is 1.36 bits per heavy atom. The normalized spacial score (nSPS) is 21.3. The smallest absolute Gasteiger partial charge is 0.191 e. The Morgan fingerprint density at radius 3 is 3.00 bits per heavy atom. The zero-order chi connectivity index (χ0) is 19.8. The maximum absolute atomic E-state index is 12.2. The number of hydrogen-bond acceptors (Lipinski definition) is 4. The van der Waals surface area contributed by atoms with Gasteiger partial charge in [0.2, 0.25) is 0 Å². The van der Waals surface area contributed by atoms with Crippen LogP contribution in [0, 0.1) is 0 Å². The Bertz CT molecular complexity index is 792. The van der Waals surface area contributed by atoms with Crippen molar-refractivity contribution in [2.45, 2.75) is 57.4 Å². The van der Waals surface area contributed by atoms with Gasteiger partial charge in [0.25, 0.3) is 0 Å². The van der Waals surface area contributed by atoms with Gasteiger partial charge in [-0.2, -0.15) is 5.10 Å². The van der Waals surface area contributed by atoms with Gasteiger partial charge in [-0.3, -0.25) is 4.21 Å². The Balaban J connectivity index is 1.64. The van der Waals surface area contributed by atoms with Gasteiger partial charge in [-0.15, -0.1) is 0 Å². The van der Waals surface area contributed by atoms with E-state index in [9.17, 15) is 4.21 Å². The zero-order valence-electron chi connectivity index (χ0n) is 16.7. The summed E-state index contributed by atoms with van der Waals surface area (Å²) in [5.74, 6) is 2.34. The summed E-state index contributed by atoms with van der Waals surface area (Å²) in [6.45, 7) is 5.43. The number of aliphatic imine (C=N–C) groups is 1. The first-order valence-electron chi connectivity index (χ1n) is 10.1. The summed E-state index contributed by atoms with van der Waals surface area (Å²) >= 11 is 0. The minimum atomic E-state index is -0.719. The van der Waals surface area contributed by atoms with E-state index in [4.69, 9.17) is 4.99 Å². The molecule has 7 nitrogen and oxygen atoms in total. The summed E-state index contributed by atoms with van der Waals surface area (Å²) in [7, 11) is -0.719. The van der Waals surface area contributed by atoms with E-state index < -0.39 is 10.8 Å². The van der Waals surface area contributed by atoms with Gasteiger partial charge < -0.3 is 10.6 Å². The molecular weight excluding hydrogens is 372 g/mol. The predicted molar refractivity (Wildman–Crippen MR) is 114 cm³/mol. The summed E-state index contributed by atoms with van der Waals surface area (Å²) in [6.07, 6.45) is 9.63. The Hall–Kier alpha value is -2.22. The van der Waals surface area contributed by atoms with E-state index in [0.717, 1.165) is 55.3 Å². The van der Waals surface area contributed by atoms with Gasteiger partial charge in [0.05, 0.1) is 6.54 Å². The van der Waals surface area contributed by atoms with Crippen LogP contribution in [0.5, 0.6) is 0 Å². The van der Waals surface area contributed by atoms with Crippen LogP contribution in [-0.2, 0) is 17.3 Å². The predicted octanol–water partition coefficient (Wildman–Crippen LogP) is 2.40. The first-order valence-corrected chi connectivity index (χ1v) is 11.4. The maximum atomic E-state index is 12.2. The molecule has 2 aromatic heterocycles. The van der Waals surface area contributed by atoms with Gasteiger partial charge in [0.15, 0.2) is 11.8 Å². The highest BCUT2D eigenvalue weighted by atomic mass is 32.2. The Kier molecular flexibility index (Phi) is 7.59. The molecule has 1 fully saturated rings. The molecule has 28 heavy (non-hydrogen) atoms. The lowest BCUT2D eigenvalue weighted by Crippen LogP contribution is -2.46. The van der Waals surface area contributed by atoms with E-state index >= 15 is 0 Å². The second-order valence-corrected chi connectivity index (χ2v) is 8.97. The first kappa shape index (κ1) is 20.5. The molecule has 8 heteroatoms. The van der Waals surface area contributed by atoms with Crippen molar-refractivity contribution in [2.75, 3.05) is 12.3 Å². The Morgan fingerprint density at radius 2 is 2.25 bits per heavy atom. The van der Waals surface area contributed by atoms with Crippen LogP contribution in [0.15, 0.2) is 41.8 Å². The van der Waals surface area contributed by atoms with Crippen LogP contribution in [-0.4, -0.2) is 48.5 Å². The van der Waals surface area contributed by atoms with Crippen molar-refractivity contribution >= 4 is 16.8 Å². The second-order valence-electron chi connectivity index (χ2n) is 6.97. The van der Waals surface area contributed by atoms with Crippen molar-refractivity contribution in [1.82, 2.24) is 25.4 Å². The monoisotopic (exact) mass is 402 g/mol. The molecule has 3 rings (SSSR count). The van der Waals surface area contributed by atoms with Crippen LogP contribution < -0.4 is 10.6 Å². The summed E-state index contributed by atoms with van der Waals surface area (Å²) in [6, 6.07) is 6.18. The van der Waals surface area contributed by atoms with E-state index in [1.165, 1.54) is 0 Å². The molecule has 2 aromatic rings. The van der Waals surface area contributed by atoms with Gasteiger partial charge in [-0.25, -0.2) is 14.7 Å². The lowest BCUT2D eigenvalue weighted by atomic mass is 9.95. The summed E-state index contributed by atoms with van der Waals surface area (Å²) in [5.41, 5.74) is 1.08. The van der Waals surface area contributed by atoms with E-state index in [1.807, 2.05) is 31.3 Å². The molecule has 2 N–H and O–H groups in total. The quantitative estimate of drug-likeness (QED) is 0.549. The Labute approximate surface area is 169 Å². The van der Waals surface area contributed by atoms with Crippen molar-refractivity contribution < 1.29 is 4.21 Å². The fourth-order valence-electron chi connectivity index (χ4n) is 3.52. The fourth-order valence-corrected chi connectivity index (χ4v) is 4.87. The molecule has 0 spiro atoms. The number of pyridine rings is 1. The molecule has 0 amide bonds. The summed E-state index contributed by atoms with van der Waals surface area (Å²) in [5, 5.41) is 11.4. The van der Waals surface area contributed by atoms with Crippen molar-refractivity contribution in [3.63, 3.8) is 0 Å². The highest BCUT2D eigenvalue weighted by Gasteiger charge is 2.26. The van der Waals surface area contributed by atoms with Crippen LogP contribution in [0.2, 0.25) is 0 Å². The summed E-state index contributed by atoms with van der Waals surface area (Å²) < 4.78 is 13.9. The topological polar surface area (TPSA) is 84.2 Å². The minimum Gasteiger partial charge on any atom is -0.357 e. The van der Waals surface area contributed by atoms with Crippen molar-refractivity contribution in [1.29, 1.82) is 0 Å². The molecule has 152 valence electrons. The molecule has 0 aromatic carbocycles. The van der Waals surface area contributed by atoms with E-state index in [1.54, 1.807) is 17.1 Å². The number of hydrogen-bond donors (Lipinski definition) is 2. The van der Waals surface area contributed by atoms with Crippen LogP contribution in [0.4, 0.5) is 0 Å². The molecule has 3 unspecified atom stereocenters. The number of nitrogens with one attached hydrogen (secondary N) is 2. The van der Waals surface area contributed by atoms with Gasteiger partial charge in [0, 0.05) is 53.0 Å². The molecule has 1 aliphatic carbocycles. The van der Waals surface area contributed by atoms with Crippen LogP contribution in [0.25, 0.3) is 5.82 Å². The fraction of sp³-hybridized carbons (Fsp3) is 0.550. The molecule has 3 atom stereocenters. The highest BCUT2D eigenvalue weighted by Crippen LogP contribution is 2.23. The molecule has 2 heterocycles. The van der Waals surface area contributed by atoms with E-state index in [-0.39, 0.29) is 0 Å². The first-order chi connectivity index (χ1) is 13.7. The molecule has 0 radical (unpaired) electrons.